The van der Waals surface area contributed by atoms with Crippen LogP contribution in [0.2, 0.25) is 5.02 Å². The Balaban J connectivity index is 2.55. The fourth-order valence-electron chi connectivity index (χ4n) is 1.93. The third-order valence-corrected chi connectivity index (χ3v) is 3.96. The fourth-order valence-corrected chi connectivity index (χ4v) is 2.71. The molecule has 1 aromatic rings. The lowest BCUT2D eigenvalue weighted by Crippen LogP contribution is -2.32. The van der Waals surface area contributed by atoms with Crippen molar-refractivity contribution in [2.75, 3.05) is 0 Å². The molecule has 1 aliphatic carbocycles. The number of hydrogen-bond donors (Lipinski definition) is 0. The normalized spacial score (nSPS) is 17.4. The predicted octanol–water partition coefficient (Wildman–Crippen LogP) is 3.96. The third kappa shape index (κ3) is 1.71. The number of rotatable bonds is 2. The van der Waals surface area contributed by atoms with Crippen LogP contribution < -0.4 is 0 Å². The van der Waals surface area contributed by atoms with Crippen molar-refractivity contribution in [1.82, 2.24) is 0 Å². The van der Waals surface area contributed by atoms with Crippen LogP contribution in [0.4, 0.5) is 4.39 Å². The summed E-state index contributed by atoms with van der Waals surface area (Å²) in [7, 11) is 0. The van der Waals surface area contributed by atoms with Gasteiger partial charge in [-0.1, -0.05) is 17.7 Å². The van der Waals surface area contributed by atoms with Crippen molar-refractivity contribution in [3.8, 4) is 0 Å². The summed E-state index contributed by atoms with van der Waals surface area (Å²) in [4.78, 5) is 14.2. The molecule has 0 saturated heterocycles. The molecule has 1 saturated carbocycles. The van der Waals surface area contributed by atoms with Gasteiger partial charge in [0.05, 0.1) is 15.0 Å². The van der Waals surface area contributed by atoms with Gasteiger partial charge in [0.1, 0.15) is 0 Å². The zero-order valence-electron chi connectivity index (χ0n) is 8.27. The van der Waals surface area contributed by atoms with E-state index < -0.39 is 11.4 Å². The Morgan fingerprint density at radius 1 is 1.50 bits per heavy atom. The number of halogens is 3. The van der Waals surface area contributed by atoms with Crippen LogP contribution in [0.1, 0.15) is 24.8 Å². The summed E-state index contributed by atoms with van der Waals surface area (Å²) in [5.74, 6) is -0.508. The first-order valence-corrected chi connectivity index (χ1v) is 6.01. The van der Waals surface area contributed by atoms with Crippen molar-refractivity contribution in [3.05, 3.63) is 33.0 Å². The molecule has 1 aromatic carbocycles. The average Bonchev–Trinajstić information content (AvgIpc) is 2.21. The van der Waals surface area contributed by atoms with E-state index in [0.717, 1.165) is 6.42 Å². The third-order valence-electron chi connectivity index (χ3n) is 2.98. The number of aliphatic imine (C=N–C) groups is 1. The maximum Gasteiger partial charge on any atom is 0.235 e. The maximum atomic E-state index is 13.6. The highest BCUT2D eigenvalue weighted by Gasteiger charge is 2.41. The highest BCUT2D eigenvalue weighted by Crippen LogP contribution is 2.48. The van der Waals surface area contributed by atoms with Crippen LogP contribution in [-0.2, 0) is 10.3 Å². The molecule has 0 bridgehead atoms. The number of nitrogens with zero attached hydrogens (tertiary/aromatic N) is 1. The summed E-state index contributed by atoms with van der Waals surface area (Å²) in [5, 5.41) is 0.0353. The Hall–Kier alpha value is -0.700. The van der Waals surface area contributed by atoms with Crippen molar-refractivity contribution in [2.24, 2.45) is 4.99 Å². The molecule has 1 aliphatic rings. The van der Waals surface area contributed by atoms with Crippen LogP contribution in [0, 0.1) is 5.82 Å². The zero-order valence-corrected chi connectivity index (χ0v) is 10.6. The van der Waals surface area contributed by atoms with Crippen molar-refractivity contribution in [1.29, 1.82) is 0 Å². The smallest absolute Gasteiger partial charge is 0.211 e. The quantitative estimate of drug-likeness (QED) is 0.462. The largest absolute Gasteiger partial charge is 0.235 e. The minimum Gasteiger partial charge on any atom is -0.211 e. The number of isocyanates is 1. The van der Waals surface area contributed by atoms with Gasteiger partial charge in [0, 0.05) is 5.56 Å². The Bertz CT molecular complexity index is 481. The first kappa shape index (κ1) is 11.8. The summed E-state index contributed by atoms with van der Waals surface area (Å²) in [5.41, 5.74) is -0.0788. The first-order valence-electron chi connectivity index (χ1n) is 4.84. The number of hydrogen-bond acceptors (Lipinski definition) is 2. The SMILES string of the molecule is O=C=NC1(c2ccc(Br)c(F)c2Cl)CCC1. The van der Waals surface area contributed by atoms with E-state index in [9.17, 15) is 9.18 Å². The Labute approximate surface area is 106 Å². The lowest BCUT2D eigenvalue weighted by molar-refractivity contribution is 0.255. The lowest BCUT2D eigenvalue weighted by atomic mass is 9.72. The van der Waals surface area contributed by atoms with Gasteiger partial charge in [-0.15, -0.1) is 0 Å². The molecule has 0 heterocycles. The van der Waals surface area contributed by atoms with E-state index in [1.165, 1.54) is 0 Å². The second kappa shape index (κ2) is 4.28. The van der Waals surface area contributed by atoms with Gasteiger partial charge >= 0.3 is 0 Å². The first-order chi connectivity index (χ1) is 7.60. The molecular weight excluding hydrogens is 296 g/mol. The molecule has 5 heteroatoms. The Morgan fingerprint density at radius 2 is 2.19 bits per heavy atom. The van der Waals surface area contributed by atoms with Gasteiger partial charge in [0.15, 0.2) is 5.82 Å². The lowest BCUT2D eigenvalue weighted by Gasteiger charge is -2.37. The van der Waals surface area contributed by atoms with Crippen molar-refractivity contribution in [2.45, 2.75) is 24.8 Å². The highest BCUT2D eigenvalue weighted by atomic mass is 79.9. The van der Waals surface area contributed by atoms with Crippen LogP contribution in [-0.4, -0.2) is 6.08 Å². The summed E-state index contributed by atoms with van der Waals surface area (Å²) in [6.07, 6.45) is 3.93. The second-order valence-electron chi connectivity index (χ2n) is 3.81. The van der Waals surface area contributed by atoms with Crippen molar-refractivity contribution in [3.63, 3.8) is 0 Å². The molecule has 0 aromatic heterocycles. The molecular formula is C11H8BrClFNO. The van der Waals surface area contributed by atoms with E-state index in [4.69, 9.17) is 11.6 Å². The average molecular weight is 305 g/mol. The molecule has 0 aliphatic heterocycles. The molecule has 0 atom stereocenters. The van der Waals surface area contributed by atoms with Crippen LogP contribution in [0.3, 0.4) is 0 Å². The molecule has 1 fully saturated rings. The van der Waals surface area contributed by atoms with Crippen LogP contribution in [0.15, 0.2) is 21.6 Å². The molecule has 0 unspecified atom stereocenters. The summed E-state index contributed by atoms with van der Waals surface area (Å²) < 4.78 is 13.9. The molecule has 0 amide bonds. The summed E-state index contributed by atoms with van der Waals surface area (Å²) in [6.45, 7) is 0. The van der Waals surface area contributed by atoms with Gasteiger partial charge in [-0.3, -0.25) is 0 Å². The van der Waals surface area contributed by atoms with Crippen LogP contribution >= 0.6 is 27.5 Å². The van der Waals surface area contributed by atoms with Gasteiger partial charge in [0.2, 0.25) is 6.08 Å². The zero-order chi connectivity index (χ0) is 11.8. The van der Waals surface area contributed by atoms with Gasteiger partial charge < -0.3 is 0 Å². The van der Waals surface area contributed by atoms with E-state index in [2.05, 4.69) is 20.9 Å². The van der Waals surface area contributed by atoms with Crippen molar-refractivity contribution >= 4 is 33.6 Å². The second-order valence-corrected chi connectivity index (χ2v) is 5.04. The molecule has 84 valence electrons. The predicted molar refractivity (Wildman–Crippen MR) is 62.8 cm³/mol. The Kier molecular flexibility index (Phi) is 3.15. The highest BCUT2D eigenvalue weighted by molar-refractivity contribution is 9.10. The van der Waals surface area contributed by atoms with Gasteiger partial charge in [0.25, 0.3) is 0 Å². The van der Waals surface area contributed by atoms with E-state index in [1.807, 2.05) is 0 Å². The minimum atomic E-state index is -0.652. The van der Waals surface area contributed by atoms with Crippen molar-refractivity contribution < 1.29 is 9.18 Å². The molecule has 16 heavy (non-hydrogen) atoms. The van der Waals surface area contributed by atoms with Gasteiger partial charge in [-0.2, -0.15) is 4.99 Å². The molecule has 0 N–H and O–H groups in total. The van der Waals surface area contributed by atoms with E-state index >= 15 is 0 Å². The fraction of sp³-hybridized carbons (Fsp3) is 0.364. The molecule has 2 rings (SSSR count). The van der Waals surface area contributed by atoms with E-state index in [1.54, 1.807) is 18.2 Å². The topological polar surface area (TPSA) is 29.4 Å². The molecule has 0 spiro atoms. The monoisotopic (exact) mass is 303 g/mol. The summed E-state index contributed by atoms with van der Waals surface area (Å²) >= 11 is 8.99. The standard InChI is InChI=1S/C11H8BrClFNO/c12-8-3-2-7(9(13)10(8)14)11(15-6-16)4-1-5-11/h2-3H,1,4-5H2. The molecule has 0 radical (unpaired) electrons. The number of carbonyl (C=O) groups excluding carboxylic acids is 1. The minimum absolute atomic E-state index is 0.0353. The van der Waals surface area contributed by atoms with E-state index in [0.29, 0.717) is 22.9 Å². The molecule has 2 nitrogen and oxygen atoms in total. The van der Waals surface area contributed by atoms with Gasteiger partial charge in [-0.25, -0.2) is 9.18 Å². The van der Waals surface area contributed by atoms with Crippen LogP contribution in [0.5, 0.6) is 0 Å². The van der Waals surface area contributed by atoms with E-state index in [-0.39, 0.29) is 5.02 Å². The summed E-state index contributed by atoms with van der Waals surface area (Å²) in [6, 6.07) is 3.28. The number of benzene rings is 1. The van der Waals surface area contributed by atoms with Gasteiger partial charge in [-0.05, 0) is 41.3 Å². The Morgan fingerprint density at radius 3 is 2.69 bits per heavy atom. The maximum absolute atomic E-state index is 13.6. The van der Waals surface area contributed by atoms with Crippen LogP contribution in [0.25, 0.3) is 0 Å².